The molecule has 0 unspecified atom stereocenters. The Labute approximate surface area is 129 Å². The molecule has 1 heterocycles. The summed E-state index contributed by atoms with van der Waals surface area (Å²) in [6, 6.07) is 3.19. The standard InChI is InChI=1S/C11H11ClN4O4S/c1-19-8-4-9(20-2)7(3-6(8)12)16-11(13-14-15-16)21-5-10(17)18/h3-4H,5H2,1-2H3,(H,17,18). The lowest BCUT2D eigenvalue weighted by Crippen LogP contribution is -2.05. The summed E-state index contributed by atoms with van der Waals surface area (Å²) < 4.78 is 11.7. The van der Waals surface area contributed by atoms with Gasteiger partial charge in [-0.25, -0.2) is 0 Å². The third-order valence-corrected chi connectivity index (χ3v) is 3.65. The van der Waals surface area contributed by atoms with E-state index < -0.39 is 5.97 Å². The zero-order valence-electron chi connectivity index (χ0n) is 11.1. The Morgan fingerprint density at radius 3 is 2.71 bits per heavy atom. The van der Waals surface area contributed by atoms with Crippen molar-refractivity contribution in [3.8, 4) is 17.2 Å². The lowest BCUT2D eigenvalue weighted by molar-refractivity contribution is -0.133. The molecule has 0 fully saturated rings. The van der Waals surface area contributed by atoms with E-state index >= 15 is 0 Å². The molecule has 8 nitrogen and oxygen atoms in total. The van der Waals surface area contributed by atoms with Crippen LogP contribution in [-0.4, -0.2) is 51.3 Å². The van der Waals surface area contributed by atoms with E-state index in [4.69, 9.17) is 26.2 Å². The highest BCUT2D eigenvalue weighted by Gasteiger charge is 2.17. The van der Waals surface area contributed by atoms with Crippen LogP contribution in [-0.2, 0) is 4.79 Å². The van der Waals surface area contributed by atoms with Gasteiger partial charge in [-0.05, 0) is 16.5 Å². The molecule has 1 N–H and O–H groups in total. The highest BCUT2D eigenvalue weighted by atomic mass is 35.5. The van der Waals surface area contributed by atoms with Crippen LogP contribution < -0.4 is 9.47 Å². The first-order chi connectivity index (χ1) is 10.1. The van der Waals surface area contributed by atoms with Gasteiger partial charge in [-0.2, -0.15) is 4.68 Å². The maximum Gasteiger partial charge on any atom is 0.313 e. The van der Waals surface area contributed by atoms with Crippen molar-refractivity contribution in [3.05, 3.63) is 17.2 Å². The van der Waals surface area contributed by atoms with Crippen LogP contribution in [0.3, 0.4) is 0 Å². The van der Waals surface area contributed by atoms with E-state index in [1.807, 2.05) is 0 Å². The fourth-order valence-corrected chi connectivity index (χ4v) is 2.40. The molecule has 21 heavy (non-hydrogen) atoms. The number of ether oxygens (including phenoxy) is 2. The van der Waals surface area contributed by atoms with Crippen LogP contribution in [0.5, 0.6) is 11.5 Å². The molecule has 0 atom stereocenters. The molecule has 1 aromatic heterocycles. The summed E-state index contributed by atoms with van der Waals surface area (Å²) in [6.45, 7) is 0. The largest absolute Gasteiger partial charge is 0.495 e. The number of halogens is 1. The van der Waals surface area contributed by atoms with Crippen LogP contribution in [0, 0.1) is 0 Å². The first-order valence-corrected chi connectivity index (χ1v) is 6.98. The number of carboxylic acid groups (broad SMARTS) is 1. The monoisotopic (exact) mass is 330 g/mol. The number of tetrazole rings is 1. The predicted molar refractivity (Wildman–Crippen MR) is 75.6 cm³/mol. The van der Waals surface area contributed by atoms with Crippen molar-refractivity contribution in [2.24, 2.45) is 0 Å². The Morgan fingerprint density at radius 2 is 2.10 bits per heavy atom. The second-order valence-corrected chi connectivity index (χ2v) is 5.06. The first-order valence-electron chi connectivity index (χ1n) is 5.61. The van der Waals surface area contributed by atoms with Crippen molar-refractivity contribution in [2.75, 3.05) is 20.0 Å². The molecule has 0 amide bonds. The molecule has 2 rings (SSSR count). The van der Waals surface area contributed by atoms with Gasteiger partial charge in [-0.15, -0.1) is 5.10 Å². The number of aliphatic carboxylic acids is 1. The average Bonchev–Trinajstić information content (AvgIpc) is 2.93. The van der Waals surface area contributed by atoms with Gasteiger partial charge in [-0.1, -0.05) is 23.4 Å². The third-order valence-electron chi connectivity index (χ3n) is 2.45. The highest BCUT2D eigenvalue weighted by Crippen LogP contribution is 2.35. The molecule has 0 spiro atoms. The second kappa shape index (κ2) is 6.64. The van der Waals surface area contributed by atoms with E-state index in [9.17, 15) is 4.79 Å². The Bertz CT molecular complexity index is 664. The molecule has 112 valence electrons. The van der Waals surface area contributed by atoms with Gasteiger partial charge in [-0.3, -0.25) is 4.79 Å². The Morgan fingerprint density at radius 1 is 1.38 bits per heavy atom. The summed E-state index contributed by atoms with van der Waals surface area (Å²) in [5.74, 6) is -0.230. The van der Waals surface area contributed by atoms with Crippen LogP contribution in [0.4, 0.5) is 0 Å². The molecule has 0 bridgehead atoms. The number of hydrogen-bond donors (Lipinski definition) is 1. The van der Waals surface area contributed by atoms with Crippen LogP contribution in [0.15, 0.2) is 17.3 Å². The van der Waals surface area contributed by atoms with Crippen molar-refractivity contribution in [3.63, 3.8) is 0 Å². The zero-order valence-corrected chi connectivity index (χ0v) is 12.7. The molecule has 0 saturated carbocycles. The van der Waals surface area contributed by atoms with Gasteiger partial charge in [0, 0.05) is 6.07 Å². The number of thioether (sulfide) groups is 1. The van der Waals surface area contributed by atoms with Crippen molar-refractivity contribution in [2.45, 2.75) is 5.16 Å². The second-order valence-electron chi connectivity index (χ2n) is 3.71. The number of methoxy groups -OCH3 is 2. The minimum atomic E-state index is -0.964. The molecule has 0 aliphatic heterocycles. The molecule has 0 aliphatic rings. The number of benzene rings is 1. The van der Waals surface area contributed by atoms with Gasteiger partial charge < -0.3 is 14.6 Å². The van der Waals surface area contributed by atoms with Crippen molar-refractivity contribution in [1.82, 2.24) is 20.2 Å². The van der Waals surface area contributed by atoms with Crippen molar-refractivity contribution >= 4 is 29.3 Å². The fraction of sp³-hybridized carbons (Fsp3) is 0.273. The summed E-state index contributed by atoms with van der Waals surface area (Å²) in [5, 5.41) is 20.6. The van der Waals surface area contributed by atoms with Crippen molar-refractivity contribution in [1.29, 1.82) is 0 Å². The number of carbonyl (C=O) groups is 1. The number of rotatable bonds is 6. The van der Waals surface area contributed by atoms with Crippen LogP contribution in [0.1, 0.15) is 0 Å². The fourth-order valence-electron chi connectivity index (χ4n) is 1.56. The van der Waals surface area contributed by atoms with E-state index in [1.165, 1.54) is 18.9 Å². The van der Waals surface area contributed by atoms with E-state index in [0.29, 0.717) is 27.4 Å². The van der Waals surface area contributed by atoms with Gasteiger partial charge in [0.1, 0.15) is 17.2 Å². The first kappa shape index (κ1) is 15.4. The van der Waals surface area contributed by atoms with Crippen LogP contribution in [0.2, 0.25) is 5.02 Å². The summed E-state index contributed by atoms with van der Waals surface area (Å²) in [7, 11) is 2.98. The zero-order chi connectivity index (χ0) is 15.4. The van der Waals surface area contributed by atoms with E-state index in [1.54, 1.807) is 12.1 Å². The normalized spacial score (nSPS) is 10.4. The Hall–Kier alpha value is -2.00. The lowest BCUT2D eigenvalue weighted by atomic mass is 10.2. The van der Waals surface area contributed by atoms with Crippen LogP contribution >= 0.6 is 23.4 Å². The maximum absolute atomic E-state index is 10.6. The maximum atomic E-state index is 10.6. The summed E-state index contributed by atoms with van der Waals surface area (Å²) in [5.41, 5.74) is 0.487. The van der Waals surface area contributed by atoms with Crippen LogP contribution in [0.25, 0.3) is 5.69 Å². The minimum absolute atomic E-state index is 0.160. The summed E-state index contributed by atoms with van der Waals surface area (Å²) >= 11 is 7.08. The minimum Gasteiger partial charge on any atom is -0.495 e. The number of hydrogen-bond acceptors (Lipinski definition) is 7. The summed E-state index contributed by atoms with van der Waals surface area (Å²) in [4.78, 5) is 10.6. The number of carboxylic acids is 1. The molecular weight excluding hydrogens is 320 g/mol. The number of nitrogens with zero attached hydrogens (tertiary/aromatic N) is 4. The quantitative estimate of drug-likeness (QED) is 0.796. The van der Waals surface area contributed by atoms with E-state index in [0.717, 1.165) is 11.8 Å². The molecule has 2 aromatic rings. The van der Waals surface area contributed by atoms with Gasteiger partial charge >= 0.3 is 5.97 Å². The predicted octanol–water partition coefficient (Wildman–Crippen LogP) is 1.51. The van der Waals surface area contributed by atoms with Gasteiger partial charge in [0.15, 0.2) is 0 Å². The summed E-state index contributed by atoms with van der Waals surface area (Å²) in [6.07, 6.45) is 0. The lowest BCUT2D eigenvalue weighted by Gasteiger charge is -2.12. The molecule has 0 saturated heterocycles. The topological polar surface area (TPSA) is 99.4 Å². The molecule has 0 aliphatic carbocycles. The molecule has 10 heteroatoms. The third kappa shape index (κ3) is 3.37. The van der Waals surface area contributed by atoms with Gasteiger partial charge in [0.25, 0.3) is 0 Å². The molecule has 0 radical (unpaired) electrons. The molecule has 1 aromatic carbocycles. The molecular formula is C11H11ClN4O4S. The Balaban J connectivity index is 2.44. The van der Waals surface area contributed by atoms with Gasteiger partial charge in [0.05, 0.1) is 25.0 Å². The highest BCUT2D eigenvalue weighted by molar-refractivity contribution is 7.99. The van der Waals surface area contributed by atoms with Gasteiger partial charge in [0.2, 0.25) is 5.16 Å². The SMILES string of the molecule is COc1cc(OC)c(-n2nnnc2SCC(=O)O)cc1Cl. The van der Waals surface area contributed by atoms with Crippen molar-refractivity contribution < 1.29 is 19.4 Å². The van der Waals surface area contributed by atoms with E-state index in [-0.39, 0.29) is 5.75 Å². The average molecular weight is 331 g/mol. The number of aromatic nitrogens is 4. The smallest absolute Gasteiger partial charge is 0.313 e. The Kier molecular flexibility index (Phi) is 4.86. The van der Waals surface area contributed by atoms with E-state index in [2.05, 4.69) is 15.5 Å².